The van der Waals surface area contributed by atoms with E-state index in [-0.39, 0.29) is 5.41 Å². The summed E-state index contributed by atoms with van der Waals surface area (Å²) in [7, 11) is 1.85. The first-order valence-electron chi connectivity index (χ1n) is 8.46. The van der Waals surface area contributed by atoms with Gasteiger partial charge >= 0.3 is 0 Å². The molecule has 1 saturated heterocycles. The lowest BCUT2D eigenvalue weighted by Gasteiger charge is -2.33. The van der Waals surface area contributed by atoms with Crippen molar-refractivity contribution < 1.29 is 4.74 Å². The predicted molar refractivity (Wildman–Crippen MR) is 97.2 cm³/mol. The van der Waals surface area contributed by atoms with E-state index in [2.05, 4.69) is 48.3 Å². The molecule has 0 aliphatic carbocycles. The normalized spacial score (nSPS) is 17.6. The maximum Gasteiger partial charge on any atom is 0.193 e. The van der Waals surface area contributed by atoms with Crippen molar-refractivity contribution in [3.63, 3.8) is 0 Å². The molecular formula is C17H30N4OS. The van der Waals surface area contributed by atoms with E-state index in [1.54, 1.807) is 11.3 Å². The van der Waals surface area contributed by atoms with Crippen LogP contribution < -0.4 is 5.32 Å². The van der Waals surface area contributed by atoms with Crippen LogP contribution in [0.15, 0.2) is 10.4 Å². The lowest BCUT2D eigenvalue weighted by Crippen LogP contribution is -2.46. The average molecular weight is 339 g/mol. The summed E-state index contributed by atoms with van der Waals surface area (Å²) in [5, 5.41) is 6.77. The molecule has 2 heterocycles. The Hall–Kier alpha value is -1.14. The highest BCUT2D eigenvalue weighted by Gasteiger charge is 2.22. The Morgan fingerprint density at radius 3 is 2.65 bits per heavy atom. The lowest BCUT2D eigenvalue weighted by atomic mass is 9.98. The molecule has 0 saturated carbocycles. The minimum absolute atomic E-state index is 0.117. The molecule has 0 spiro atoms. The van der Waals surface area contributed by atoms with Crippen molar-refractivity contribution in [1.82, 2.24) is 15.2 Å². The van der Waals surface area contributed by atoms with Gasteiger partial charge in [-0.05, 0) is 19.8 Å². The Balaban J connectivity index is 1.85. The molecule has 1 N–H and O–H groups in total. The van der Waals surface area contributed by atoms with Gasteiger partial charge in [0, 0.05) is 37.5 Å². The van der Waals surface area contributed by atoms with Crippen LogP contribution in [0.2, 0.25) is 0 Å². The van der Waals surface area contributed by atoms with Gasteiger partial charge in [-0.3, -0.25) is 4.99 Å². The summed E-state index contributed by atoms with van der Waals surface area (Å²) in [4.78, 5) is 11.5. The summed E-state index contributed by atoms with van der Waals surface area (Å²) in [6.07, 6.45) is 2.54. The molecule has 1 aromatic heterocycles. The number of guanidine groups is 1. The Kier molecular flexibility index (Phi) is 6.41. The van der Waals surface area contributed by atoms with Crippen LogP contribution >= 0.6 is 11.3 Å². The van der Waals surface area contributed by atoms with Crippen molar-refractivity contribution in [2.24, 2.45) is 4.99 Å². The number of nitrogens with zero attached hydrogens (tertiary/aromatic N) is 3. The van der Waals surface area contributed by atoms with Gasteiger partial charge in [-0.1, -0.05) is 20.8 Å². The molecule has 2 rings (SSSR count). The summed E-state index contributed by atoms with van der Waals surface area (Å²) in [6.45, 7) is 12.2. The van der Waals surface area contributed by atoms with Gasteiger partial charge in [0.15, 0.2) is 5.96 Å². The number of hydrogen-bond acceptors (Lipinski definition) is 4. The van der Waals surface area contributed by atoms with E-state index in [0.29, 0.717) is 6.10 Å². The number of hydrogen-bond donors (Lipinski definition) is 1. The number of nitrogens with one attached hydrogen (secondary N) is 1. The van der Waals surface area contributed by atoms with Crippen LogP contribution in [0.3, 0.4) is 0 Å². The van der Waals surface area contributed by atoms with Gasteiger partial charge in [-0.2, -0.15) is 0 Å². The summed E-state index contributed by atoms with van der Waals surface area (Å²) < 4.78 is 5.71. The number of ether oxygens (including phenoxy) is 1. The SMILES string of the molecule is CCOC1CCN(C(=NC)NCc2csc(C(C)(C)C)n2)CC1. The first-order chi connectivity index (χ1) is 10.9. The number of rotatable bonds is 4. The molecule has 5 nitrogen and oxygen atoms in total. The van der Waals surface area contributed by atoms with E-state index in [4.69, 9.17) is 9.72 Å². The minimum atomic E-state index is 0.117. The van der Waals surface area contributed by atoms with Crippen molar-refractivity contribution in [3.8, 4) is 0 Å². The molecule has 1 aliphatic heterocycles. The monoisotopic (exact) mass is 338 g/mol. The minimum Gasteiger partial charge on any atom is -0.378 e. The van der Waals surface area contributed by atoms with Crippen LogP contribution in [-0.2, 0) is 16.7 Å². The van der Waals surface area contributed by atoms with Crippen molar-refractivity contribution in [2.45, 2.75) is 58.6 Å². The molecule has 0 unspecified atom stereocenters. The van der Waals surface area contributed by atoms with E-state index in [1.165, 1.54) is 5.01 Å². The number of likely N-dealkylation sites (tertiary alicyclic amines) is 1. The van der Waals surface area contributed by atoms with Crippen LogP contribution in [0.5, 0.6) is 0 Å². The fraction of sp³-hybridized carbons (Fsp3) is 0.765. The molecule has 23 heavy (non-hydrogen) atoms. The van der Waals surface area contributed by atoms with Gasteiger partial charge in [0.2, 0.25) is 0 Å². The van der Waals surface area contributed by atoms with E-state index in [0.717, 1.165) is 50.7 Å². The molecule has 0 aromatic carbocycles. The molecule has 0 bridgehead atoms. The fourth-order valence-corrected chi connectivity index (χ4v) is 3.61. The maximum atomic E-state index is 5.71. The van der Waals surface area contributed by atoms with E-state index in [9.17, 15) is 0 Å². The Labute approximate surface area is 144 Å². The summed E-state index contributed by atoms with van der Waals surface area (Å²) in [5.74, 6) is 0.963. The second-order valence-electron chi connectivity index (χ2n) is 6.94. The lowest BCUT2D eigenvalue weighted by molar-refractivity contribution is 0.0263. The summed E-state index contributed by atoms with van der Waals surface area (Å²) in [5.41, 5.74) is 1.21. The molecule has 0 atom stereocenters. The Bertz CT molecular complexity index is 513. The van der Waals surface area contributed by atoms with Crippen LogP contribution in [0, 0.1) is 0 Å². The highest BCUT2D eigenvalue weighted by Crippen LogP contribution is 2.25. The van der Waals surface area contributed by atoms with E-state index in [1.807, 2.05) is 7.05 Å². The summed E-state index contributed by atoms with van der Waals surface area (Å²) >= 11 is 1.74. The molecule has 1 aliphatic rings. The second kappa shape index (κ2) is 8.11. The van der Waals surface area contributed by atoms with Gasteiger partial charge < -0.3 is 15.0 Å². The van der Waals surface area contributed by atoms with Gasteiger partial charge in [0.05, 0.1) is 23.4 Å². The first-order valence-corrected chi connectivity index (χ1v) is 9.34. The molecule has 1 fully saturated rings. The third kappa shape index (κ3) is 5.18. The highest BCUT2D eigenvalue weighted by molar-refractivity contribution is 7.09. The standard InChI is InChI=1S/C17H30N4OS/c1-6-22-14-7-9-21(10-8-14)16(18-5)19-11-13-12-23-15(20-13)17(2,3)4/h12,14H,6-11H2,1-5H3,(H,18,19). The third-order valence-electron chi connectivity index (χ3n) is 3.98. The molecule has 0 amide bonds. The van der Waals surface area contributed by atoms with Crippen LogP contribution in [0.4, 0.5) is 0 Å². The first kappa shape index (κ1) is 18.2. The van der Waals surface area contributed by atoms with Crippen molar-refractivity contribution in [2.75, 3.05) is 26.7 Å². The second-order valence-corrected chi connectivity index (χ2v) is 7.79. The van der Waals surface area contributed by atoms with E-state index < -0.39 is 0 Å². The van der Waals surface area contributed by atoms with Crippen molar-refractivity contribution >= 4 is 17.3 Å². The van der Waals surface area contributed by atoms with Crippen molar-refractivity contribution in [3.05, 3.63) is 16.1 Å². The van der Waals surface area contributed by atoms with Crippen molar-refractivity contribution in [1.29, 1.82) is 0 Å². The van der Waals surface area contributed by atoms with Crippen LogP contribution in [-0.4, -0.2) is 48.7 Å². The van der Waals surface area contributed by atoms with Crippen LogP contribution in [0.1, 0.15) is 51.2 Å². The molecule has 6 heteroatoms. The summed E-state index contributed by atoms with van der Waals surface area (Å²) in [6, 6.07) is 0. The number of piperidine rings is 1. The smallest absolute Gasteiger partial charge is 0.193 e. The zero-order valence-corrected chi connectivity index (χ0v) is 15.9. The molecule has 1 aromatic rings. The largest absolute Gasteiger partial charge is 0.378 e. The highest BCUT2D eigenvalue weighted by atomic mass is 32.1. The molecule has 0 radical (unpaired) electrons. The fourth-order valence-electron chi connectivity index (χ4n) is 2.70. The van der Waals surface area contributed by atoms with Gasteiger partial charge in [0.1, 0.15) is 0 Å². The van der Waals surface area contributed by atoms with E-state index >= 15 is 0 Å². The quantitative estimate of drug-likeness (QED) is 0.677. The Morgan fingerprint density at radius 2 is 2.13 bits per heavy atom. The van der Waals surface area contributed by atoms with Gasteiger partial charge in [0.25, 0.3) is 0 Å². The third-order valence-corrected chi connectivity index (χ3v) is 5.29. The Morgan fingerprint density at radius 1 is 1.43 bits per heavy atom. The average Bonchev–Trinajstić information content (AvgIpc) is 2.99. The van der Waals surface area contributed by atoms with Crippen LogP contribution in [0.25, 0.3) is 0 Å². The number of thiazole rings is 1. The topological polar surface area (TPSA) is 49.8 Å². The zero-order valence-electron chi connectivity index (χ0n) is 15.1. The predicted octanol–water partition coefficient (Wildman–Crippen LogP) is 3.02. The van der Waals surface area contributed by atoms with Gasteiger partial charge in [-0.25, -0.2) is 4.98 Å². The molecular weight excluding hydrogens is 308 g/mol. The number of aromatic nitrogens is 1. The number of aliphatic imine (C=N–C) groups is 1. The zero-order chi connectivity index (χ0) is 16.9. The molecule has 130 valence electrons. The maximum absolute atomic E-state index is 5.71. The van der Waals surface area contributed by atoms with Gasteiger partial charge in [-0.15, -0.1) is 11.3 Å².